The monoisotopic (exact) mass is 397 g/mol. The fourth-order valence-corrected chi connectivity index (χ4v) is 6.39. The van der Waals surface area contributed by atoms with Crippen LogP contribution in [0.25, 0.3) is 0 Å². The van der Waals surface area contributed by atoms with Crippen LogP contribution in [-0.4, -0.2) is 59.9 Å². The molecule has 5 saturated heterocycles. The number of nitrogens with zero attached hydrogens (tertiary/aromatic N) is 1. The lowest BCUT2D eigenvalue weighted by Gasteiger charge is -2.60. The third-order valence-corrected chi connectivity index (χ3v) is 8.07. The fraction of sp³-hybridized carbons (Fsp3) is 1.00. The van der Waals surface area contributed by atoms with Gasteiger partial charge in [0.2, 0.25) is 5.79 Å². The summed E-state index contributed by atoms with van der Waals surface area (Å²) in [5.74, 6) is 0.545. The molecule has 1 N–H and O–H groups in total. The van der Waals surface area contributed by atoms with E-state index in [-0.39, 0.29) is 18.4 Å². The topological polar surface area (TPSA) is 69.6 Å². The Bertz CT molecular complexity index is 585. The zero-order valence-corrected chi connectivity index (χ0v) is 17.3. The van der Waals surface area contributed by atoms with E-state index in [1.54, 1.807) is 0 Å². The summed E-state index contributed by atoms with van der Waals surface area (Å²) >= 11 is 0. The van der Waals surface area contributed by atoms with Crippen LogP contribution in [-0.2, 0) is 24.0 Å². The van der Waals surface area contributed by atoms with Crippen molar-refractivity contribution in [1.82, 2.24) is 4.90 Å². The number of hydrogen-bond donors (Lipinski definition) is 1. The van der Waals surface area contributed by atoms with E-state index in [0.717, 1.165) is 45.2 Å². The summed E-state index contributed by atoms with van der Waals surface area (Å²) in [5.41, 5.74) is -0.555. The first-order valence-electron chi connectivity index (χ1n) is 11.2. The molecule has 5 aliphatic heterocycles. The Balaban J connectivity index is 1.36. The largest absolute Gasteiger partial charge is 0.376 e. The molecule has 1 saturated carbocycles. The predicted molar refractivity (Wildman–Crippen MR) is 99.6 cm³/mol. The minimum Gasteiger partial charge on any atom is -0.376 e. The summed E-state index contributed by atoms with van der Waals surface area (Å²) in [6, 6.07) is 0. The Morgan fingerprint density at radius 1 is 1.11 bits per heavy atom. The summed E-state index contributed by atoms with van der Waals surface area (Å²) < 4.78 is 18.9. The first-order chi connectivity index (χ1) is 13.4. The molecule has 9 atom stereocenters. The van der Waals surface area contributed by atoms with Gasteiger partial charge in [-0.15, -0.1) is 0 Å². The van der Waals surface area contributed by atoms with Crippen LogP contribution < -0.4 is 0 Å². The van der Waals surface area contributed by atoms with Crippen molar-refractivity contribution >= 4 is 0 Å². The fourth-order valence-electron chi connectivity index (χ4n) is 6.39. The van der Waals surface area contributed by atoms with E-state index >= 15 is 0 Å². The molecule has 3 unspecified atom stereocenters. The van der Waals surface area contributed by atoms with Gasteiger partial charge in [0.1, 0.15) is 6.23 Å². The van der Waals surface area contributed by atoms with Gasteiger partial charge in [0, 0.05) is 31.3 Å². The third kappa shape index (κ3) is 2.97. The highest BCUT2D eigenvalue weighted by Crippen LogP contribution is 2.60. The molecule has 7 nitrogen and oxygen atoms in total. The van der Waals surface area contributed by atoms with Crippen LogP contribution in [0.1, 0.15) is 59.3 Å². The summed E-state index contributed by atoms with van der Waals surface area (Å²) in [6.45, 7) is 8.56. The van der Waals surface area contributed by atoms with Crippen LogP contribution in [0.2, 0.25) is 0 Å². The van der Waals surface area contributed by atoms with Gasteiger partial charge >= 0.3 is 0 Å². The van der Waals surface area contributed by atoms with Gasteiger partial charge in [0.05, 0.1) is 6.61 Å². The van der Waals surface area contributed by atoms with E-state index in [2.05, 4.69) is 18.7 Å². The van der Waals surface area contributed by atoms with Gasteiger partial charge in [-0.2, -0.15) is 0 Å². The zero-order chi connectivity index (χ0) is 19.5. The van der Waals surface area contributed by atoms with E-state index in [0.29, 0.717) is 11.8 Å². The molecule has 28 heavy (non-hydrogen) atoms. The molecule has 6 fully saturated rings. The van der Waals surface area contributed by atoms with E-state index in [4.69, 9.17) is 24.0 Å². The van der Waals surface area contributed by atoms with Gasteiger partial charge in [-0.25, -0.2) is 9.78 Å². The molecule has 7 heteroatoms. The van der Waals surface area contributed by atoms with E-state index in [1.165, 1.54) is 6.42 Å². The van der Waals surface area contributed by atoms with Gasteiger partial charge in [0.15, 0.2) is 18.2 Å². The maximum absolute atomic E-state index is 10.5. The normalized spacial score (nSPS) is 52.3. The average Bonchev–Trinajstić information content (AvgIpc) is 3.12. The average molecular weight is 398 g/mol. The first kappa shape index (κ1) is 19.7. The highest BCUT2D eigenvalue weighted by molar-refractivity contribution is 5.09. The minimum atomic E-state index is -0.766. The van der Waals surface area contributed by atoms with Gasteiger partial charge in [-0.05, 0) is 50.9 Å². The van der Waals surface area contributed by atoms with Crippen molar-refractivity contribution in [1.29, 1.82) is 0 Å². The number of likely N-dealkylation sites (tertiary alicyclic amines) is 1. The Labute approximate surface area is 167 Å². The van der Waals surface area contributed by atoms with Crippen molar-refractivity contribution in [3.8, 4) is 0 Å². The molecule has 5 heterocycles. The third-order valence-electron chi connectivity index (χ3n) is 8.07. The molecule has 0 aromatic carbocycles. The van der Waals surface area contributed by atoms with Gasteiger partial charge in [-0.3, -0.25) is 4.90 Å². The van der Waals surface area contributed by atoms with Gasteiger partial charge < -0.3 is 19.3 Å². The van der Waals surface area contributed by atoms with Crippen LogP contribution in [0, 0.1) is 23.7 Å². The smallest absolute Gasteiger partial charge is 0.201 e. The van der Waals surface area contributed by atoms with Crippen molar-refractivity contribution in [2.75, 3.05) is 19.7 Å². The van der Waals surface area contributed by atoms with Crippen LogP contribution in [0.15, 0.2) is 0 Å². The molecule has 0 amide bonds. The molecule has 6 aliphatic rings. The van der Waals surface area contributed by atoms with Crippen molar-refractivity contribution in [3.63, 3.8) is 0 Å². The highest BCUT2D eigenvalue weighted by Gasteiger charge is 2.69. The maximum Gasteiger partial charge on any atom is 0.201 e. The number of fused-ring (bicyclic) bond motifs is 2. The number of rotatable bonds is 4. The second-order valence-corrected chi connectivity index (χ2v) is 9.83. The van der Waals surface area contributed by atoms with Gasteiger partial charge in [0.25, 0.3) is 0 Å². The lowest BCUT2D eigenvalue weighted by molar-refractivity contribution is -0.577. The van der Waals surface area contributed by atoms with Crippen molar-refractivity contribution in [2.24, 2.45) is 23.7 Å². The molecular formula is C21H35NO6. The Morgan fingerprint density at radius 3 is 2.68 bits per heavy atom. The standard InChI is InChI=1S/C21H35NO6/c1-13-6-7-16-14(2)18(24-12-17(23)22-10-4-5-11-22)25-19-21(16)15(13)8-9-20(3,26-19)27-28-21/h13-19,23H,4-12H2,1-3H3/t13-,14-,15?,16?,17?,18+,19-,20-,21-/m1/s1. The van der Waals surface area contributed by atoms with Crippen molar-refractivity contribution < 1.29 is 29.1 Å². The quantitative estimate of drug-likeness (QED) is 0.731. The molecule has 160 valence electrons. The number of hydrogen-bond acceptors (Lipinski definition) is 7. The van der Waals surface area contributed by atoms with Crippen LogP contribution >= 0.6 is 0 Å². The highest BCUT2D eigenvalue weighted by atomic mass is 17.3. The molecule has 1 aliphatic carbocycles. The first-order valence-corrected chi connectivity index (χ1v) is 11.2. The maximum atomic E-state index is 10.5. The van der Waals surface area contributed by atoms with Crippen LogP contribution in [0.5, 0.6) is 0 Å². The number of aliphatic hydroxyl groups is 1. The molecular weight excluding hydrogens is 362 g/mol. The molecule has 1 spiro atoms. The van der Waals surface area contributed by atoms with E-state index in [1.807, 2.05) is 6.92 Å². The molecule has 0 aromatic rings. The number of aliphatic hydroxyl groups excluding tert-OH is 1. The lowest BCUT2D eigenvalue weighted by Crippen LogP contribution is -2.70. The van der Waals surface area contributed by atoms with Crippen molar-refractivity contribution in [3.05, 3.63) is 0 Å². The Morgan fingerprint density at radius 2 is 1.89 bits per heavy atom. The minimum absolute atomic E-state index is 0.145. The molecule has 0 radical (unpaired) electrons. The number of ether oxygens (including phenoxy) is 3. The summed E-state index contributed by atoms with van der Waals surface area (Å²) in [6.07, 6.45) is 4.89. The van der Waals surface area contributed by atoms with Crippen LogP contribution in [0.4, 0.5) is 0 Å². The SMILES string of the molecule is C[C@@H]1CCC2[C@@H](C)[C@@H](OCC(O)N3CCCC3)O[C@@H]3O[C@@]4(C)CCC1[C@@]23OO4. The lowest BCUT2D eigenvalue weighted by atomic mass is 9.58. The van der Waals surface area contributed by atoms with Crippen LogP contribution in [0.3, 0.4) is 0 Å². The van der Waals surface area contributed by atoms with Crippen molar-refractivity contribution in [2.45, 2.75) is 89.5 Å². The summed E-state index contributed by atoms with van der Waals surface area (Å²) in [7, 11) is 0. The Hall–Kier alpha value is -0.280. The van der Waals surface area contributed by atoms with E-state index in [9.17, 15) is 5.11 Å². The predicted octanol–water partition coefficient (Wildman–Crippen LogP) is 2.63. The second kappa shape index (κ2) is 7.15. The Kier molecular flexibility index (Phi) is 5.02. The van der Waals surface area contributed by atoms with Gasteiger partial charge in [-0.1, -0.05) is 13.8 Å². The summed E-state index contributed by atoms with van der Waals surface area (Å²) in [4.78, 5) is 14.1. The second-order valence-electron chi connectivity index (χ2n) is 9.83. The van der Waals surface area contributed by atoms with E-state index < -0.39 is 30.2 Å². The molecule has 0 aromatic heterocycles. The molecule has 6 rings (SSSR count). The molecule has 2 bridgehead atoms. The summed E-state index contributed by atoms with van der Waals surface area (Å²) in [5, 5.41) is 10.5. The zero-order valence-electron chi connectivity index (χ0n) is 17.3.